The minimum atomic E-state index is -0.0167. The Balaban J connectivity index is 1.73. The number of hydrogen-bond acceptors (Lipinski definition) is 3. The van der Waals surface area contributed by atoms with Crippen molar-refractivity contribution in [1.82, 2.24) is 0 Å². The van der Waals surface area contributed by atoms with Crippen LogP contribution in [-0.4, -0.2) is 16.7 Å². The average Bonchev–Trinajstić information content (AvgIpc) is 2.23. The van der Waals surface area contributed by atoms with Gasteiger partial charge in [-0.25, -0.2) is 0 Å². The lowest BCUT2D eigenvalue weighted by Gasteiger charge is -2.56. The highest BCUT2D eigenvalue weighted by molar-refractivity contribution is 8.14. The van der Waals surface area contributed by atoms with Crippen molar-refractivity contribution in [1.29, 1.82) is 0 Å². The van der Waals surface area contributed by atoms with Crippen LogP contribution < -0.4 is 0 Å². The topological polar surface area (TPSA) is 34.1 Å². The second-order valence-corrected chi connectivity index (χ2v) is 7.55. The molecule has 4 rings (SSSR count). The molecule has 0 saturated heterocycles. The number of rotatable bonds is 3. The van der Waals surface area contributed by atoms with Crippen LogP contribution >= 0.6 is 11.8 Å². The molecule has 0 aromatic carbocycles. The van der Waals surface area contributed by atoms with Gasteiger partial charge < -0.3 is 0 Å². The summed E-state index contributed by atoms with van der Waals surface area (Å²) in [6, 6.07) is 0. The molecule has 0 spiro atoms. The van der Waals surface area contributed by atoms with Gasteiger partial charge in [0.05, 0.1) is 5.75 Å². The van der Waals surface area contributed by atoms with Gasteiger partial charge >= 0.3 is 0 Å². The van der Waals surface area contributed by atoms with Crippen molar-refractivity contribution in [2.24, 2.45) is 23.2 Å². The molecule has 17 heavy (non-hydrogen) atoms. The minimum absolute atomic E-state index is 0.0167. The van der Waals surface area contributed by atoms with Gasteiger partial charge in [0, 0.05) is 12.3 Å². The van der Waals surface area contributed by atoms with Crippen LogP contribution in [0.4, 0.5) is 0 Å². The van der Waals surface area contributed by atoms with Gasteiger partial charge in [-0.15, -0.1) is 0 Å². The van der Waals surface area contributed by atoms with Crippen molar-refractivity contribution in [3.05, 3.63) is 0 Å². The maximum absolute atomic E-state index is 12.4. The van der Waals surface area contributed by atoms with E-state index in [1.807, 2.05) is 0 Å². The van der Waals surface area contributed by atoms with Gasteiger partial charge in [-0.3, -0.25) is 9.59 Å². The summed E-state index contributed by atoms with van der Waals surface area (Å²) in [6.45, 7) is 1.55. The Kier molecular flexibility index (Phi) is 2.85. The lowest BCUT2D eigenvalue weighted by molar-refractivity contribution is -0.141. The summed E-state index contributed by atoms with van der Waals surface area (Å²) in [4.78, 5) is 23.4. The van der Waals surface area contributed by atoms with Gasteiger partial charge in [-0.05, 0) is 56.3 Å². The summed E-state index contributed by atoms with van der Waals surface area (Å²) in [5, 5.41) is 0.0723. The molecule has 4 bridgehead atoms. The first-order valence-electron chi connectivity index (χ1n) is 6.74. The number of Topliss-reactive ketones (excluding diaryl/α,β-unsaturated/α-hetero) is 1. The molecule has 0 unspecified atom stereocenters. The van der Waals surface area contributed by atoms with E-state index < -0.39 is 0 Å². The second-order valence-electron chi connectivity index (χ2n) is 6.40. The van der Waals surface area contributed by atoms with Gasteiger partial charge in [-0.2, -0.15) is 0 Å². The molecule has 0 aromatic heterocycles. The SMILES string of the molecule is CC(=O)SCC(=O)C12CC3CC(CC(C3)C1)C2. The zero-order valence-electron chi connectivity index (χ0n) is 10.4. The smallest absolute Gasteiger partial charge is 0.186 e. The highest BCUT2D eigenvalue weighted by Crippen LogP contribution is 2.60. The number of carbonyl (C=O) groups is 2. The van der Waals surface area contributed by atoms with Crippen LogP contribution in [-0.2, 0) is 9.59 Å². The fourth-order valence-corrected chi connectivity index (χ4v) is 5.41. The quantitative estimate of drug-likeness (QED) is 0.774. The van der Waals surface area contributed by atoms with Crippen LogP contribution in [0.3, 0.4) is 0 Å². The largest absolute Gasteiger partial charge is 0.298 e. The fourth-order valence-electron chi connectivity index (χ4n) is 4.77. The monoisotopic (exact) mass is 252 g/mol. The maximum atomic E-state index is 12.4. The summed E-state index contributed by atoms with van der Waals surface area (Å²) >= 11 is 1.20. The molecule has 4 saturated carbocycles. The first-order chi connectivity index (χ1) is 8.07. The Morgan fingerprint density at radius 3 is 1.94 bits per heavy atom. The molecular weight excluding hydrogens is 232 g/mol. The van der Waals surface area contributed by atoms with E-state index >= 15 is 0 Å². The molecule has 94 valence electrons. The fraction of sp³-hybridized carbons (Fsp3) is 0.857. The van der Waals surface area contributed by atoms with Gasteiger partial charge in [0.1, 0.15) is 5.78 Å². The lowest BCUT2D eigenvalue weighted by atomic mass is 9.48. The van der Waals surface area contributed by atoms with E-state index in [-0.39, 0.29) is 10.5 Å². The Morgan fingerprint density at radius 2 is 1.53 bits per heavy atom. The molecule has 4 aliphatic rings. The summed E-state index contributed by atoms with van der Waals surface area (Å²) in [6.07, 6.45) is 7.47. The van der Waals surface area contributed by atoms with E-state index in [4.69, 9.17) is 0 Å². The average molecular weight is 252 g/mol. The number of ketones is 1. The van der Waals surface area contributed by atoms with Gasteiger partial charge in [0.25, 0.3) is 0 Å². The summed E-state index contributed by atoms with van der Waals surface area (Å²) in [5.74, 6) is 3.23. The van der Waals surface area contributed by atoms with Crippen molar-refractivity contribution in [2.45, 2.75) is 45.4 Å². The molecule has 4 fully saturated rings. The van der Waals surface area contributed by atoms with E-state index in [0.29, 0.717) is 11.5 Å². The molecule has 2 nitrogen and oxygen atoms in total. The van der Waals surface area contributed by atoms with Crippen LogP contribution in [0, 0.1) is 23.2 Å². The molecule has 0 aromatic rings. The first-order valence-corrected chi connectivity index (χ1v) is 7.73. The van der Waals surface area contributed by atoms with Crippen LogP contribution in [0.1, 0.15) is 45.4 Å². The Hall–Kier alpha value is -0.310. The Morgan fingerprint density at radius 1 is 1.06 bits per heavy atom. The number of thioether (sulfide) groups is 1. The van der Waals surface area contributed by atoms with Crippen LogP contribution in [0.5, 0.6) is 0 Å². The molecule has 0 atom stereocenters. The molecule has 0 heterocycles. The number of hydrogen-bond donors (Lipinski definition) is 0. The van der Waals surface area contributed by atoms with E-state index in [1.165, 1.54) is 31.0 Å². The highest BCUT2D eigenvalue weighted by Gasteiger charge is 2.53. The molecular formula is C14H20O2S. The summed E-state index contributed by atoms with van der Waals surface area (Å²) in [7, 11) is 0. The van der Waals surface area contributed by atoms with Gasteiger partial charge in [0.2, 0.25) is 0 Å². The van der Waals surface area contributed by atoms with Crippen molar-refractivity contribution in [3.63, 3.8) is 0 Å². The Bertz CT molecular complexity index is 326. The second kappa shape index (κ2) is 4.11. The third-order valence-electron chi connectivity index (χ3n) is 5.04. The predicted molar refractivity (Wildman–Crippen MR) is 68.8 cm³/mol. The molecule has 4 aliphatic carbocycles. The predicted octanol–water partition coefficient (Wildman–Crippen LogP) is 3.05. The molecule has 0 radical (unpaired) electrons. The van der Waals surface area contributed by atoms with E-state index in [9.17, 15) is 9.59 Å². The van der Waals surface area contributed by atoms with E-state index in [1.54, 1.807) is 6.92 Å². The normalized spacial score (nSPS) is 42.8. The minimum Gasteiger partial charge on any atom is -0.298 e. The van der Waals surface area contributed by atoms with Crippen LogP contribution in [0.25, 0.3) is 0 Å². The van der Waals surface area contributed by atoms with Crippen molar-refractivity contribution in [3.8, 4) is 0 Å². The third kappa shape index (κ3) is 2.07. The van der Waals surface area contributed by atoms with E-state index in [2.05, 4.69) is 0 Å². The third-order valence-corrected chi connectivity index (χ3v) is 5.85. The van der Waals surface area contributed by atoms with Crippen molar-refractivity contribution in [2.75, 3.05) is 5.75 Å². The highest BCUT2D eigenvalue weighted by atomic mass is 32.2. The Labute approximate surface area is 107 Å². The molecule has 0 amide bonds. The summed E-state index contributed by atoms with van der Waals surface area (Å²) < 4.78 is 0. The zero-order chi connectivity index (χ0) is 12.0. The zero-order valence-corrected chi connectivity index (χ0v) is 11.2. The maximum Gasteiger partial charge on any atom is 0.186 e. The lowest BCUT2D eigenvalue weighted by Crippen LogP contribution is -2.50. The summed E-state index contributed by atoms with van der Waals surface area (Å²) in [5.41, 5.74) is -0.0167. The van der Waals surface area contributed by atoms with Crippen LogP contribution in [0.15, 0.2) is 0 Å². The molecule has 0 N–H and O–H groups in total. The number of carbonyl (C=O) groups excluding carboxylic acids is 2. The molecule has 0 aliphatic heterocycles. The van der Waals surface area contributed by atoms with Crippen molar-refractivity contribution < 1.29 is 9.59 Å². The van der Waals surface area contributed by atoms with E-state index in [0.717, 1.165) is 37.0 Å². The molecule has 3 heteroatoms. The first kappa shape index (κ1) is 11.8. The van der Waals surface area contributed by atoms with Gasteiger partial charge in [-0.1, -0.05) is 11.8 Å². The van der Waals surface area contributed by atoms with Crippen molar-refractivity contribution >= 4 is 22.7 Å². The van der Waals surface area contributed by atoms with Gasteiger partial charge in [0.15, 0.2) is 5.12 Å². The van der Waals surface area contributed by atoms with Crippen LogP contribution in [0.2, 0.25) is 0 Å². The standard InChI is InChI=1S/C14H20O2S/c1-9(15)17-8-13(16)14-5-10-2-11(6-14)4-12(3-10)7-14/h10-12H,2-8H2,1H3.